The molecule has 2 rings (SSSR count). The van der Waals surface area contributed by atoms with Crippen LogP contribution in [0.1, 0.15) is 41.5 Å². The van der Waals surface area contributed by atoms with Gasteiger partial charge in [0.2, 0.25) is 0 Å². The van der Waals surface area contributed by atoms with Crippen molar-refractivity contribution >= 4 is 17.5 Å². The monoisotopic (exact) mass is 297 g/mol. The Morgan fingerprint density at radius 3 is 2.27 bits per heavy atom. The van der Waals surface area contributed by atoms with Crippen molar-refractivity contribution in [3.63, 3.8) is 0 Å². The number of carbonyl (C=O) groups excluding carboxylic acids is 2. The van der Waals surface area contributed by atoms with Crippen LogP contribution in [0.25, 0.3) is 0 Å². The Balaban J connectivity index is 2.14. The van der Waals surface area contributed by atoms with Gasteiger partial charge in [0.1, 0.15) is 0 Å². The molecule has 1 aromatic carbocycles. The van der Waals surface area contributed by atoms with Crippen molar-refractivity contribution in [2.24, 2.45) is 0 Å². The summed E-state index contributed by atoms with van der Waals surface area (Å²) in [6.45, 7) is 5.72. The third-order valence-corrected chi connectivity index (χ3v) is 2.79. The summed E-state index contributed by atoms with van der Waals surface area (Å²) in [6, 6.07) is 10.1. The zero-order valence-electron chi connectivity index (χ0n) is 12.9. The van der Waals surface area contributed by atoms with Gasteiger partial charge in [-0.15, -0.1) is 0 Å². The molecule has 1 heterocycles. The summed E-state index contributed by atoms with van der Waals surface area (Å²) in [7, 11) is 0. The van der Waals surface area contributed by atoms with Crippen molar-refractivity contribution in [2.75, 3.05) is 5.32 Å². The van der Waals surface area contributed by atoms with E-state index in [1.807, 2.05) is 20.8 Å². The first-order valence-corrected chi connectivity index (χ1v) is 6.99. The number of rotatable bonds is 3. The summed E-state index contributed by atoms with van der Waals surface area (Å²) in [6.07, 6.45) is 3.20. The molecular weight excluding hydrogens is 278 g/mol. The summed E-state index contributed by atoms with van der Waals surface area (Å²) >= 11 is 0. The van der Waals surface area contributed by atoms with E-state index in [-0.39, 0.29) is 17.4 Å². The second-order valence-electron chi connectivity index (χ2n) is 5.98. The van der Waals surface area contributed by atoms with Crippen LogP contribution in [0.3, 0.4) is 0 Å². The van der Waals surface area contributed by atoms with Crippen molar-refractivity contribution in [3.05, 3.63) is 59.9 Å². The molecule has 0 aliphatic carbocycles. The average Bonchev–Trinajstić information content (AvgIpc) is 2.46. The van der Waals surface area contributed by atoms with Crippen molar-refractivity contribution in [3.8, 4) is 0 Å². The first kappa shape index (κ1) is 15.7. The number of nitrogens with one attached hydrogen (secondary N) is 2. The van der Waals surface area contributed by atoms with E-state index in [1.165, 1.54) is 0 Å². The Hall–Kier alpha value is -2.69. The molecule has 0 atom stereocenters. The van der Waals surface area contributed by atoms with E-state index in [4.69, 9.17) is 0 Å². The molecule has 2 aromatic rings. The highest BCUT2D eigenvalue weighted by molar-refractivity contribution is 6.06. The van der Waals surface area contributed by atoms with E-state index in [0.717, 1.165) is 0 Å². The highest BCUT2D eigenvalue weighted by atomic mass is 16.2. The van der Waals surface area contributed by atoms with Gasteiger partial charge in [-0.05, 0) is 51.1 Å². The molecule has 0 saturated carbocycles. The third kappa shape index (κ3) is 4.41. The minimum absolute atomic E-state index is 0.205. The first-order chi connectivity index (χ1) is 10.3. The molecule has 0 fully saturated rings. The van der Waals surface area contributed by atoms with E-state index < -0.39 is 0 Å². The summed E-state index contributed by atoms with van der Waals surface area (Å²) in [5, 5.41) is 5.61. The molecule has 2 N–H and O–H groups in total. The fourth-order valence-electron chi connectivity index (χ4n) is 1.85. The fourth-order valence-corrected chi connectivity index (χ4v) is 1.85. The number of anilines is 1. The van der Waals surface area contributed by atoms with Crippen LogP contribution in [0.15, 0.2) is 48.8 Å². The van der Waals surface area contributed by atoms with Gasteiger partial charge in [0, 0.05) is 22.9 Å². The SMILES string of the molecule is CC(C)(C)NC(=O)c1cccc(C(=O)Nc2cccnc2)c1. The third-order valence-electron chi connectivity index (χ3n) is 2.79. The molecule has 0 unspecified atom stereocenters. The number of hydrogen-bond donors (Lipinski definition) is 2. The van der Waals surface area contributed by atoms with Gasteiger partial charge in [-0.25, -0.2) is 0 Å². The van der Waals surface area contributed by atoms with Crippen LogP contribution in [0.2, 0.25) is 0 Å². The Morgan fingerprint density at radius 2 is 1.68 bits per heavy atom. The van der Waals surface area contributed by atoms with Gasteiger partial charge in [-0.1, -0.05) is 6.07 Å². The predicted octanol–water partition coefficient (Wildman–Crippen LogP) is 2.86. The number of amides is 2. The standard InChI is InChI=1S/C17H19N3O2/c1-17(2,3)20-16(22)13-7-4-6-12(10-13)15(21)19-14-8-5-9-18-11-14/h4-11H,1-3H3,(H,19,21)(H,20,22). The second kappa shape index (κ2) is 6.39. The Morgan fingerprint density at radius 1 is 1.00 bits per heavy atom. The van der Waals surface area contributed by atoms with Gasteiger partial charge < -0.3 is 10.6 Å². The molecule has 5 heteroatoms. The maximum atomic E-state index is 12.2. The molecule has 0 aliphatic heterocycles. The maximum Gasteiger partial charge on any atom is 0.255 e. The lowest BCUT2D eigenvalue weighted by Gasteiger charge is -2.20. The van der Waals surface area contributed by atoms with Crippen molar-refractivity contribution in [1.29, 1.82) is 0 Å². The Labute approximate surface area is 129 Å². The van der Waals surface area contributed by atoms with Crippen molar-refractivity contribution in [1.82, 2.24) is 10.3 Å². The highest BCUT2D eigenvalue weighted by Gasteiger charge is 2.16. The van der Waals surface area contributed by atoms with E-state index in [1.54, 1.807) is 48.8 Å². The van der Waals surface area contributed by atoms with Crippen LogP contribution < -0.4 is 10.6 Å². The molecule has 0 bridgehead atoms. The molecule has 114 valence electrons. The molecule has 0 radical (unpaired) electrons. The number of aromatic nitrogens is 1. The molecule has 1 aromatic heterocycles. The predicted molar refractivity (Wildman–Crippen MR) is 85.9 cm³/mol. The zero-order chi connectivity index (χ0) is 16.2. The van der Waals surface area contributed by atoms with E-state index in [0.29, 0.717) is 16.8 Å². The van der Waals surface area contributed by atoms with Crippen LogP contribution >= 0.6 is 0 Å². The van der Waals surface area contributed by atoms with Crippen LogP contribution in [-0.4, -0.2) is 22.3 Å². The van der Waals surface area contributed by atoms with E-state index in [9.17, 15) is 9.59 Å². The highest BCUT2D eigenvalue weighted by Crippen LogP contribution is 2.11. The summed E-state index contributed by atoms with van der Waals surface area (Å²) < 4.78 is 0. The Bertz CT molecular complexity index is 676. The van der Waals surface area contributed by atoms with Gasteiger partial charge in [0.15, 0.2) is 0 Å². The van der Waals surface area contributed by atoms with Crippen molar-refractivity contribution in [2.45, 2.75) is 26.3 Å². The van der Waals surface area contributed by atoms with Gasteiger partial charge in [0.05, 0.1) is 11.9 Å². The lowest BCUT2D eigenvalue weighted by atomic mass is 10.1. The van der Waals surface area contributed by atoms with Crippen molar-refractivity contribution < 1.29 is 9.59 Å². The van der Waals surface area contributed by atoms with Gasteiger partial charge in [0.25, 0.3) is 11.8 Å². The number of carbonyl (C=O) groups is 2. The van der Waals surface area contributed by atoms with Gasteiger partial charge in [-0.2, -0.15) is 0 Å². The Kier molecular flexibility index (Phi) is 4.56. The molecule has 5 nitrogen and oxygen atoms in total. The van der Waals surface area contributed by atoms with Crippen LogP contribution in [0.5, 0.6) is 0 Å². The smallest absolute Gasteiger partial charge is 0.255 e. The van der Waals surface area contributed by atoms with Crippen LogP contribution in [0.4, 0.5) is 5.69 Å². The number of pyridine rings is 1. The first-order valence-electron chi connectivity index (χ1n) is 6.99. The number of benzene rings is 1. The molecule has 0 saturated heterocycles. The minimum Gasteiger partial charge on any atom is -0.347 e. The summed E-state index contributed by atoms with van der Waals surface area (Å²) in [5.41, 5.74) is 1.15. The van der Waals surface area contributed by atoms with Crippen LogP contribution in [0, 0.1) is 0 Å². The summed E-state index contributed by atoms with van der Waals surface area (Å²) in [4.78, 5) is 28.3. The van der Waals surface area contributed by atoms with E-state index >= 15 is 0 Å². The molecule has 2 amide bonds. The quantitative estimate of drug-likeness (QED) is 0.915. The lowest BCUT2D eigenvalue weighted by molar-refractivity contribution is 0.0919. The normalized spacial score (nSPS) is 10.9. The van der Waals surface area contributed by atoms with Gasteiger partial charge in [-0.3, -0.25) is 14.6 Å². The zero-order valence-corrected chi connectivity index (χ0v) is 12.9. The fraction of sp³-hybridized carbons (Fsp3) is 0.235. The van der Waals surface area contributed by atoms with Crippen LogP contribution in [-0.2, 0) is 0 Å². The molecule has 0 spiro atoms. The number of hydrogen-bond acceptors (Lipinski definition) is 3. The second-order valence-corrected chi connectivity index (χ2v) is 5.98. The van der Waals surface area contributed by atoms with Gasteiger partial charge >= 0.3 is 0 Å². The average molecular weight is 297 g/mol. The largest absolute Gasteiger partial charge is 0.347 e. The maximum absolute atomic E-state index is 12.2. The molecule has 22 heavy (non-hydrogen) atoms. The number of nitrogens with zero attached hydrogens (tertiary/aromatic N) is 1. The minimum atomic E-state index is -0.328. The topological polar surface area (TPSA) is 71.1 Å². The lowest BCUT2D eigenvalue weighted by Crippen LogP contribution is -2.40. The van der Waals surface area contributed by atoms with E-state index in [2.05, 4.69) is 15.6 Å². The summed E-state index contributed by atoms with van der Waals surface area (Å²) in [5.74, 6) is -0.484. The molecular formula is C17H19N3O2. The molecule has 0 aliphatic rings.